The van der Waals surface area contributed by atoms with Crippen LogP contribution in [0.1, 0.15) is 0 Å². The van der Waals surface area contributed by atoms with E-state index in [1.54, 1.807) is 18.2 Å². The molecule has 0 N–H and O–H groups in total. The molecule has 0 amide bonds. The molecule has 0 fully saturated rings. The van der Waals surface area contributed by atoms with Crippen LogP contribution in [0.25, 0.3) is 11.3 Å². The number of rotatable bonds is 1. The highest BCUT2D eigenvalue weighted by molar-refractivity contribution is 6.43. The first-order valence-electron chi connectivity index (χ1n) is 4.45. The van der Waals surface area contributed by atoms with Crippen LogP contribution in [0.3, 0.4) is 0 Å². The Kier molecular flexibility index (Phi) is 4.06. The highest BCUT2D eigenvalue weighted by Crippen LogP contribution is 2.39. The lowest BCUT2D eigenvalue weighted by Crippen LogP contribution is -1.88. The van der Waals surface area contributed by atoms with E-state index in [1.807, 2.05) is 0 Å². The van der Waals surface area contributed by atoms with E-state index in [4.69, 9.17) is 58.0 Å². The van der Waals surface area contributed by atoms with Gasteiger partial charge in [-0.25, -0.2) is 0 Å². The van der Waals surface area contributed by atoms with Crippen molar-refractivity contribution in [2.75, 3.05) is 0 Å². The van der Waals surface area contributed by atoms with Crippen molar-refractivity contribution < 1.29 is 0 Å². The molecule has 0 bridgehead atoms. The summed E-state index contributed by atoms with van der Waals surface area (Å²) in [6.45, 7) is 0. The van der Waals surface area contributed by atoms with Crippen LogP contribution in [0.4, 0.5) is 0 Å². The molecule has 0 spiro atoms. The summed E-state index contributed by atoms with van der Waals surface area (Å²) in [6.07, 6.45) is 1.48. The van der Waals surface area contributed by atoms with E-state index >= 15 is 0 Å². The van der Waals surface area contributed by atoms with E-state index in [2.05, 4.69) is 4.98 Å². The molecule has 88 valence electrons. The Balaban J connectivity index is 2.68. The third-order valence-electron chi connectivity index (χ3n) is 2.05. The summed E-state index contributed by atoms with van der Waals surface area (Å²) in [5.74, 6) is 0. The van der Waals surface area contributed by atoms with Gasteiger partial charge in [0.25, 0.3) is 0 Å². The van der Waals surface area contributed by atoms with Crippen LogP contribution in [-0.2, 0) is 0 Å². The highest BCUT2D eigenvalue weighted by atomic mass is 35.5. The van der Waals surface area contributed by atoms with Gasteiger partial charge >= 0.3 is 0 Å². The Labute approximate surface area is 123 Å². The molecule has 0 aliphatic carbocycles. The Bertz CT molecular complexity index is 559. The van der Waals surface area contributed by atoms with Crippen molar-refractivity contribution in [3.05, 3.63) is 49.5 Å². The summed E-state index contributed by atoms with van der Waals surface area (Å²) in [4.78, 5) is 4.12. The van der Waals surface area contributed by atoms with E-state index in [0.717, 1.165) is 0 Å². The Hall–Kier alpha value is -0.180. The Morgan fingerprint density at radius 3 is 1.76 bits per heavy atom. The molecule has 1 aromatic carbocycles. The lowest BCUT2D eigenvalue weighted by atomic mass is 10.1. The summed E-state index contributed by atoms with van der Waals surface area (Å²) in [7, 11) is 0. The number of hydrogen-bond acceptors (Lipinski definition) is 1. The van der Waals surface area contributed by atoms with Gasteiger partial charge in [-0.1, -0.05) is 58.0 Å². The normalized spacial score (nSPS) is 10.6. The maximum Gasteiger partial charge on any atom is 0.0919 e. The van der Waals surface area contributed by atoms with Gasteiger partial charge in [0.15, 0.2) is 0 Å². The molecule has 0 aliphatic rings. The molecule has 2 aromatic rings. The molecule has 17 heavy (non-hydrogen) atoms. The predicted molar refractivity (Wildman–Crippen MR) is 74.7 cm³/mol. The van der Waals surface area contributed by atoms with Crippen LogP contribution in [0.5, 0.6) is 0 Å². The van der Waals surface area contributed by atoms with Crippen molar-refractivity contribution in [2.45, 2.75) is 0 Å². The average molecular weight is 327 g/mol. The predicted octanol–water partition coefficient (Wildman–Crippen LogP) is 6.02. The minimum atomic E-state index is 0.378. The van der Waals surface area contributed by atoms with Gasteiger partial charge in [-0.3, -0.25) is 4.98 Å². The quantitative estimate of drug-likeness (QED) is 0.624. The number of hydrogen-bond donors (Lipinski definition) is 0. The fourth-order valence-corrected chi connectivity index (χ4v) is 2.84. The first-order chi connectivity index (χ1) is 7.99. The van der Waals surface area contributed by atoms with Crippen LogP contribution in [-0.4, -0.2) is 4.98 Å². The van der Waals surface area contributed by atoms with Crippen LogP contribution in [0.2, 0.25) is 25.1 Å². The summed E-state index contributed by atoms with van der Waals surface area (Å²) in [6, 6.07) is 4.74. The third-order valence-corrected chi connectivity index (χ3v) is 3.36. The maximum atomic E-state index is 6.08. The fourth-order valence-electron chi connectivity index (χ4n) is 1.37. The fraction of sp³-hybridized carbons (Fsp3) is 0. The number of nitrogens with zero attached hydrogens (tertiary/aromatic N) is 1. The second kappa shape index (κ2) is 5.21. The van der Waals surface area contributed by atoms with Gasteiger partial charge in [-0.2, -0.15) is 0 Å². The molecule has 6 heteroatoms. The van der Waals surface area contributed by atoms with Gasteiger partial charge in [-0.05, 0) is 18.2 Å². The van der Waals surface area contributed by atoms with Crippen LogP contribution < -0.4 is 0 Å². The van der Waals surface area contributed by atoms with Crippen molar-refractivity contribution in [2.24, 2.45) is 0 Å². The second-order valence-electron chi connectivity index (χ2n) is 3.23. The Morgan fingerprint density at radius 1 is 0.706 bits per heavy atom. The van der Waals surface area contributed by atoms with Crippen molar-refractivity contribution in [1.29, 1.82) is 0 Å². The molecule has 2 rings (SSSR count). The molecular weight excluding hydrogens is 323 g/mol. The van der Waals surface area contributed by atoms with Gasteiger partial charge in [0.1, 0.15) is 0 Å². The maximum absolute atomic E-state index is 6.08. The topological polar surface area (TPSA) is 12.9 Å². The second-order valence-corrected chi connectivity index (χ2v) is 5.32. The SMILES string of the molecule is Clc1cnc(-c2c(Cl)cc(Cl)cc2Cl)c(Cl)c1. The van der Waals surface area contributed by atoms with Gasteiger partial charge < -0.3 is 0 Å². The zero-order valence-corrected chi connectivity index (χ0v) is 11.9. The monoisotopic (exact) mass is 325 g/mol. The van der Waals surface area contributed by atoms with Gasteiger partial charge in [0, 0.05) is 16.8 Å². The first kappa shape index (κ1) is 13.3. The number of halogens is 5. The third kappa shape index (κ3) is 2.81. The molecule has 0 radical (unpaired) electrons. The molecule has 0 saturated carbocycles. The number of benzene rings is 1. The van der Waals surface area contributed by atoms with E-state index in [9.17, 15) is 0 Å². The molecule has 1 aromatic heterocycles. The van der Waals surface area contributed by atoms with E-state index in [-0.39, 0.29) is 0 Å². The van der Waals surface area contributed by atoms with Gasteiger partial charge in [0.2, 0.25) is 0 Å². The lowest BCUT2D eigenvalue weighted by Gasteiger charge is -2.09. The summed E-state index contributed by atoms with van der Waals surface area (Å²) >= 11 is 29.8. The van der Waals surface area contributed by atoms with Gasteiger partial charge in [0.05, 0.1) is 25.8 Å². The van der Waals surface area contributed by atoms with E-state index in [1.165, 1.54) is 6.20 Å². The average Bonchev–Trinajstić information content (AvgIpc) is 2.19. The molecular formula is C11H4Cl5N. The summed E-state index contributed by atoms with van der Waals surface area (Å²) < 4.78 is 0. The zero-order valence-electron chi connectivity index (χ0n) is 8.15. The molecule has 0 unspecified atom stereocenters. The van der Waals surface area contributed by atoms with E-state index < -0.39 is 0 Å². The molecule has 1 heterocycles. The summed E-state index contributed by atoms with van der Waals surface area (Å²) in [5.41, 5.74) is 1.02. The lowest BCUT2D eigenvalue weighted by molar-refractivity contribution is 1.33. The molecule has 0 saturated heterocycles. The zero-order chi connectivity index (χ0) is 12.6. The number of aromatic nitrogens is 1. The highest BCUT2D eigenvalue weighted by Gasteiger charge is 2.14. The minimum absolute atomic E-state index is 0.378. The van der Waals surface area contributed by atoms with Gasteiger partial charge in [-0.15, -0.1) is 0 Å². The van der Waals surface area contributed by atoms with Crippen LogP contribution in [0, 0.1) is 0 Å². The Morgan fingerprint density at radius 2 is 1.24 bits per heavy atom. The van der Waals surface area contributed by atoms with Crippen LogP contribution >= 0.6 is 58.0 Å². The van der Waals surface area contributed by atoms with Crippen molar-refractivity contribution >= 4 is 58.0 Å². The van der Waals surface area contributed by atoms with Crippen molar-refractivity contribution in [3.8, 4) is 11.3 Å². The largest absolute Gasteiger partial charge is 0.253 e. The van der Waals surface area contributed by atoms with Crippen LogP contribution in [0.15, 0.2) is 24.4 Å². The smallest absolute Gasteiger partial charge is 0.0919 e. The molecule has 0 atom stereocenters. The molecule has 1 nitrogen and oxygen atoms in total. The summed E-state index contributed by atoms with van der Waals surface area (Å²) in [5, 5.41) is 2.05. The van der Waals surface area contributed by atoms with E-state index in [0.29, 0.717) is 36.4 Å². The standard InChI is InChI=1S/C11H4Cl5N/c12-5-1-7(14)10(8(15)2-5)11-9(16)3-6(13)4-17-11/h1-4H. The first-order valence-corrected chi connectivity index (χ1v) is 6.34. The van der Waals surface area contributed by atoms with Crippen molar-refractivity contribution in [3.63, 3.8) is 0 Å². The van der Waals surface area contributed by atoms with Crippen molar-refractivity contribution in [1.82, 2.24) is 4.98 Å². The number of pyridine rings is 1. The minimum Gasteiger partial charge on any atom is -0.253 e. The molecule has 0 aliphatic heterocycles.